The number of aryl methyl sites for hydroxylation is 1. The molecule has 25 heavy (non-hydrogen) atoms. The number of phenolic OH excluding ortho intramolecular Hbond substituents is 1. The van der Waals surface area contributed by atoms with Crippen LogP contribution < -0.4 is 0 Å². The minimum absolute atomic E-state index is 0.269. The molecule has 0 aliphatic rings. The summed E-state index contributed by atoms with van der Waals surface area (Å²) in [5, 5.41) is 9.67. The normalized spacial score (nSPS) is 11.9. The van der Waals surface area contributed by atoms with E-state index in [9.17, 15) is 5.11 Å². The molecule has 0 atom stereocenters. The van der Waals surface area contributed by atoms with Crippen LogP contribution in [0.5, 0.6) is 5.75 Å². The van der Waals surface area contributed by atoms with Gasteiger partial charge in [0.05, 0.1) is 0 Å². The first-order valence-electron chi connectivity index (χ1n) is 8.40. The largest absolute Gasteiger partial charge is 0.508 e. The molecule has 0 aromatic heterocycles. The van der Waals surface area contributed by atoms with Crippen LogP contribution in [0, 0.1) is 6.92 Å². The maximum atomic E-state index is 9.67. The van der Waals surface area contributed by atoms with Gasteiger partial charge in [-0.3, -0.25) is 0 Å². The van der Waals surface area contributed by atoms with Gasteiger partial charge in [0.25, 0.3) is 0 Å². The Morgan fingerprint density at radius 2 is 1.48 bits per heavy atom. The second-order valence-electron chi connectivity index (χ2n) is 6.07. The van der Waals surface area contributed by atoms with Crippen molar-refractivity contribution in [3.63, 3.8) is 0 Å². The highest BCUT2D eigenvalue weighted by molar-refractivity contribution is 6.18. The average molecular weight is 349 g/mol. The SMILES string of the molecule is Cc1cccc(/C(=C(\CCCl)c2ccccc2)c2ccc(O)cc2)c1. The molecule has 0 saturated heterocycles. The number of alkyl halides is 1. The fourth-order valence-corrected chi connectivity index (χ4v) is 3.28. The minimum atomic E-state index is 0.269. The Bertz CT molecular complexity index is 864. The summed E-state index contributed by atoms with van der Waals surface area (Å²) >= 11 is 6.15. The number of hydrogen-bond donors (Lipinski definition) is 1. The fourth-order valence-electron chi connectivity index (χ4n) is 3.09. The second-order valence-corrected chi connectivity index (χ2v) is 6.45. The van der Waals surface area contributed by atoms with Gasteiger partial charge in [-0.1, -0.05) is 72.3 Å². The third-order valence-corrected chi connectivity index (χ3v) is 4.42. The van der Waals surface area contributed by atoms with E-state index in [0.29, 0.717) is 5.88 Å². The van der Waals surface area contributed by atoms with Gasteiger partial charge in [-0.25, -0.2) is 0 Å². The standard InChI is InChI=1S/C23H21ClO/c1-17-6-5-9-20(16-17)23(19-10-12-21(25)13-11-19)22(14-15-24)18-7-3-2-4-8-18/h2-13,16,25H,14-15H2,1H3/b23-22+. The van der Waals surface area contributed by atoms with Crippen LogP contribution in [0.4, 0.5) is 0 Å². The summed E-state index contributed by atoms with van der Waals surface area (Å²) in [6, 6.07) is 26.3. The number of hydrogen-bond acceptors (Lipinski definition) is 1. The van der Waals surface area contributed by atoms with Crippen molar-refractivity contribution in [2.75, 3.05) is 5.88 Å². The predicted octanol–water partition coefficient (Wildman–Crippen LogP) is 6.29. The van der Waals surface area contributed by atoms with Crippen molar-refractivity contribution in [3.05, 3.63) is 101 Å². The third kappa shape index (κ3) is 4.12. The lowest BCUT2D eigenvalue weighted by Crippen LogP contribution is -1.97. The Hall–Kier alpha value is -2.51. The molecule has 126 valence electrons. The number of allylic oxidation sites excluding steroid dienone is 1. The Kier molecular flexibility index (Phi) is 5.57. The van der Waals surface area contributed by atoms with Crippen LogP contribution in [0.2, 0.25) is 0 Å². The smallest absolute Gasteiger partial charge is 0.115 e. The topological polar surface area (TPSA) is 20.2 Å². The molecule has 0 aliphatic carbocycles. The Labute approximate surface area is 154 Å². The summed E-state index contributed by atoms with van der Waals surface area (Å²) in [7, 11) is 0. The molecule has 3 rings (SSSR count). The van der Waals surface area contributed by atoms with Crippen molar-refractivity contribution < 1.29 is 5.11 Å². The van der Waals surface area contributed by atoms with Crippen molar-refractivity contribution in [1.29, 1.82) is 0 Å². The molecule has 3 aromatic rings. The molecule has 0 heterocycles. The zero-order valence-electron chi connectivity index (χ0n) is 14.2. The van der Waals surface area contributed by atoms with Gasteiger partial charge in [-0.05, 0) is 53.3 Å². The van der Waals surface area contributed by atoms with E-state index in [1.165, 1.54) is 16.7 Å². The molecule has 0 amide bonds. The van der Waals surface area contributed by atoms with Gasteiger partial charge in [0.1, 0.15) is 5.75 Å². The summed E-state index contributed by atoms with van der Waals surface area (Å²) in [6.07, 6.45) is 0.774. The van der Waals surface area contributed by atoms with Crippen molar-refractivity contribution in [2.24, 2.45) is 0 Å². The summed E-state index contributed by atoms with van der Waals surface area (Å²) in [5.41, 5.74) is 7.00. The average Bonchev–Trinajstić information content (AvgIpc) is 2.64. The molecule has 0 unspecified atom stereocenters. The van der Waals surface area contributed by atoms with E-state index in [4.69, 9.17) is 11.6 Å². The zero-order valence-corrected chi connectivity index (χ0v) is 15.0. The van der Waals surface area contributed by atoms with E-state index in [2.05, 4.69) is 43.3 Å². The molecule has 0 spiro atoms. The zero-order chi connectivity index (χ0) is 17.6. The predicted molar refractivity (Wildman–Crippen MR) is 107 cm³/mol. The first-order valence-corrected chi connectivity index (χ1v) is 8.93. The molecular weight excluding hydrogens is 328 g/mol. The first-order chi connectivity index (χ1) is 12.2. The van der Waals surface area contributed by atoms with Crippen molar-refractivity contribution in [2.45, 2.75) is 13.3 Å². The molecule has 0 bridgehead atoms. The first kappa shape index (κ1) is 17.3. The number of benzene rings is 3. The van der Waals surface area contributed by atoms with Gasteiger partial charge >= 0.3 is 0 Å². The van der Waals surface area contributed by atoms with Gasteiger partial charge in [0.15, 0.2) is 0 Å². The summed E-state index contributed by atoms with van der Waals surface area (Å²) in [5.74, 6) is 0.823. The third-order valence-electron chi connectivity index (χ3n) is 4.23. The molecule has 0 saturated carbocycles. The summed E-state index contributed by atoms with van der Waals surface area (Å²) in [4.78, 5) is 0. The van der Waals surface area contributed by atoms with E-state index < -0.39 is 0 Å². The van der Waals surface area contributed by atoms with Gasteiger partial charge in [0, 0.05) is 5.88 Å². The molecule has 0 aliphatic heterocycles. The van der Waals surface area contributed by atoms with E-state index in [1.54, 1.807) is 12.1 Å². The molecular formula is C23H21ClO. The van der Waals surface area contributed by atoms with E-state index in [-0.39, 0.29) is 5.75 Å². The van der Waals surface area contributed by atoms with Crippen LogP contribution in [0.1, 0.15) is 28.7 Å². The summed E-state index contributed by atoms with van der Waals surface area (Å²) in [6.45, 7) is 2.10. The molecule has 1 nitrogen and oxygen atoms in total. The molecule has 0 fully saturated rings. The lowest BCUT2D eigenvalue weighted by atomic mass is 9.87. The van der Waals surface area contributed by atoms with Crippen LogP contribution in [-0.2, 0) is 0 Å². The second kappa shape index (κ2) is 8.04. The van der Waals surface area contributed by atoms with Gasteiger partial charge in [-0.15, -0.1) is 11.6 Å². The van der Waals surface area contributed by atoms with Gasteiger partial charge < -0.3 is 5.11 Å². The fraction of sp³-hybridized carbons (Fsp3) is 0.130. The lowest BCUT2D eigenvalue weighted by Gasteiger charge is -2.17. The molecule has 3 aromatic carbocycles. The number of halogens is 1. The number of phenols is 1. The Balaban J connectivity index is 2.29. The minimum Gasteiger partial charge on any atom is -0.508 e. The maximum Gasteiger partial charge on any atom is 0.115 e. The van der Waals surface area contributed by atoms with Gasteiger partial charge in [0.2, 0.25) is 0 Å². The Morgan fingerprint density at radius 3 is 2.12 bits per heavy atom. The van der Waals surface area contributed by atoms with Crippen LogP contribution >= 0.6 is 11.6 Å². The Morgan fingerprint density at radius 1 is 0.800 bits per heavy atom. The van der Waals surface area contributed by atoms with Crippen LogP contribution in [0.15, 0.2) is 78.9 Å². The van der Waals surface area contributed by atoms with Crippen molar-refractivity contribution in [1.82, 2.24) is 0 Å². The highest BCUT2D eigenvalue weighted by atomic mass is 35.5. The quantitative estimate of drug-likeness (QED) is 0.424. The number of rotatable bonds is 5. The van der Waals surface area contributed by atoms with Crippen molar-refractivity contribution >= 4 is 22.7 Å². The highest BCUT2D eigenvalue weighted by Crippen LogP contribution is 2.35. The van der Waals surface area contributed by atoms with Crippen LogP contribution in [-0.4, -0.2) is 11.0 Å². The van der Waals surface area contributed by atoms with E-state index >= 15 is 0 Å². The number of aromatic hydroxyl groups is 1. The summed E-state index contributed by atoms with van der Waals surface area (Å²) < 4.78 is 0. The maximum absolute atomic E-state index is 9.67. The lowest BCUT2D eigenvalue weighted by molar-refractivity contribution is 0.475. The van der Waals surface area contributed by atoms with Crippen LogP contribution in [0.3, 0.4) is 0 Å². The van der Waals surface area contributed by atoms with Gasteiger partial charge in [-0.2, -0.15) is 0 Å². The highest BCUT2D eigenvalue weighted by Gasteiger charge is 2.14. The van der Waals surface area contributed by atoms with E-state index in [0.717, 1.165) is 23.1 Å². The molecule has 2 heteroatoms. The monoisotopic (exact) mass is 348 g/mol. The van der Waals surface area contributed by atoms with Crippen LogP contribution in [0.25, 0.3) is 11.1 Å². The van der Waals surface area contributed by atoms with E-state index in [1.807, 2.05) is 30.3 Å². The molecule has 1 N–H and O–H groups in total. The van der Waals surface area contributed by atoms with Crippen molar-refractivity contribution in [3.8, 4) is 5.75 Å². The molecule has 0 radical (unpaired) electrons.